The number of carbonyl (C=O) groups excluding carboxylic acids is 2. The summed E-state index contributed by atoms with van der Waals surface area (Å²) in [6.07, 6.45) is 3.25. The molecule has 0 saturated carbocycles. The van der Waals surface area contributed by atoms with E-state index >= 15 is 0 Å². The molecule has 2 unspecified atom stereocenters. The SMILES string of the molecule is C=CCN(C(=O)C1N([C@@H](CC)CO)C(=O)[C@@H]2[C@@H](C(=O)O)[C@@]3(CC)CCC12O3)c1c(C)cccc1Cl. The van der Waals surface area contributed by atoms with Gasteiger partial charge in [-0.1, -0.05) is 43.7 Å². The largest absolute Gasteiger partial charge is 0.481 e. The highest BCUT2D eigenvalue weighted by molar-refractivity contribution is 6.34. The Hall–Kier alpha value is -2.42. The van der Waals surface area contributed by atoms with Crippen molar-refractivity contribution in [1.29, 1.82) is 0 Å². The number of hydrogen-bond acceptors (Lipinski definition) is 5. The number of amides is 2. The molecular weight excluding hydrogens is 472 g/mol. The number of ether oxygens (including phenoxy) is 1. The van der Waals surface area contributed by atoms with Gasteiger partial charge in [-0.3, -0.25) is 14.4 Å². The van der Waals surface area contributed by atoms with Gasteiger partial charge in [0.05, 0.1) is 34.9 Å². The van der Waals surface area contributed by atoms with Gasteiger partial charge >= 0.3 is 5.97 Å². The number of fused-ring (bicyclic) bond motifs is 1. The zero-order chi connectivity index (χ0) is 25.7. The molecule has 3 heterocycles. The monoisotopic (exact) mass is 504 g/mol. The molecule has 2 bridgehead atoms. The van der Waals surface area contributed by atoms with Crippen LogP contribution in [0.5, 0.6) is 0 Å². The Bertz CT molecular complexity index is 1040. The second kappa shape index (κ2) is 9.22. The summed E-state index contributed by atoms with van der Waals surface area (Å²) in [6.45, 7) is 9.11. The van der Waals surface area contributed by atoms with Gasteiger partial charge in [-0.2, -0.15) is 0 Å². The first kappa shape index (κ1) is 25.7. The number of carboxylic acids is 1. The van der Waals surface area contributed by atoms with E-state index in [9.17, 15) is 24.6 Å². The first-order valence-corrected chi connectivity index (χ1v) is 12.5. The number of hydrogen-bond donors (Lipinski definition) is 2. The maximum atomic E-state index is 14.4. The summed E-state index contributed by atoms with van der Waals surface area (Å²) in [7, 11) is 0. The average Bonchev–Trinajstić information content (AvgIpc) is 3.43. The van der Waals surface area contributed by atoms with Gasteiger partial charge in [-0.15, -0.1) is 6.58 Å². The Morgan fingerprint density at radius 2 is 2.09 bits per heavy atom. The lowest BCUT2D eigenvalue weighted by molar-refractivity contribution is -0.157. The van der Waals surface area contributed by atoms with Crippen LogP contribution in [0, 0.1) is 18.8 Å². The fourth-order valence-corrected chi connectivity index (χ4v) is 6.97. The van der Waals surface area contributed by atoms with Crippen molar-refractivity contribution in [3.05, 3.63) is 41.4 Å². The predicted octanol–water partition coefficient (Wildman–Crippen LogP) is 3.18. The lowest BCUT2D eigenvalue weighted by Gasteiger charge is -2.39. The van der Waals surface area contributed by atoms with E-state index in [1.807, 2.05) is 26.8 Å². The molecule has 6 atom stereocenters. The molecule has 2 N–H and O–H groups in total. The van der Waals surface area contributed by atoms with Crippen LogP contribution < -0.4 is 4.90 Å². The number of aliphatic hydroxyl groups is 1. The highest BCUT2D eigenvalue weighted by Gasteiger charge is 2.79. The van der Waals surface area contributed by atoms with Crippen molar-refractivity contribution in [3.63, 3.8) is 0 Å². The Labute approximate surface area is 210 Å². The number of rotatable bonds is 9. The summed E-state index contributed by atoms with van der Waals surface area (Å²) in [4.78, 5) is 43.7. The number of aliphatic hydroxyl groups excluding tert-OH is 1. The Kier molecular flexibility index (Phi) is 6.76. The van der Waals surface area contributed by atoms with E-state index in [-0.39, 0.29) is 13.2 Å². The van der Waals surface area contributed by atoms with Crippen molar-refractivity contribution in [1.82, 2.24) is 4.90 Å². The number of carboxylic acid groups (broad SMARTS) is 1. The normalized spacial score (nSPS) is 32.0. The summed E-state index contributed by atoms with van der Waals surface area (Å²) in [6, 6.07) is 3.59. The third-order valence-corrected chi connectivity index (χ3v) is 8.54. The molecule has 0 radical (unpaired) electrons. The number of benzene rings is 1. The summed E-state index contributed by atoms with van der Waals surface area (Å²) >= 11 is 6.53. The van der Waals surface area contributed by atoms with E-state index in [0.717, 1.165) is 5.56 Å². The second-order valence-electron chi connectivity index (χ2n) is 9.80. The number of nitrogens with zero attached hydrogens (tertiary/aromatic N) is 2. The minimum absolute atomic E-state index is 0.139. The summed E-state index contributed by atoms with van der Waals surface area (Å²) in [5, 5.41) is 20.7. The van der Waals surface area contributed by atoms with Crippen molar-refractivity contribution in [2.45, 2.75) is 69.7 Å². The smallest absolute Gasteiger partial charge is 0.310 e. The molecule has 0 aliphatic carbocycles. The standard InChI is InChI=1S/C26H33ClN2O6/c1-5-13-28(20-15(4)9-8-10-17(20)27)23(32)21-26-12-11-25(7-3,35-26)19(24(33)34)18(26)22(31)29(21)16(6-2)14-30/h5,8-10,16,18-19,21,30H,1,6-7,11-14H2,2-4H3,(H,33,34)/t16-,18-,19-,21?,25+,26?/m0/s1. The quantitative estimate of drug-likeness (QED) is 0.500. The minimum atomic E-state index is -1.29. The van der Waals surface area contributed by atoms with Crippen molar-refractivity contribution in [3.8, 4) is 0 Å². The van der Waals surface area contributed by atoms with Crippen LogP contribution in [0.15, 0.2) is 30.9 Å². The summed E-state index contributed by atoms with van der Waals surface area (Å²) < 4.78 is 6.56. The van der Waals surface area contributed by atoms with Crippen LogP contribution in [0.3, 0.4) is 0 Å². The number of aliphatic carboxylic acids is 1. The maximum Gasteiger partial charge on any atom is 0.310 e. The van der Waals surface area contributed by atoms with Gasteiger partial charge in [0.15, 0.2) is 0 Å². The molecular formula is C26H33ClN2O6. The molecule has 9 heteroatoms. The van der Waals surface area contributed by atoms with Crippen molar-refractivity contribution in [2.75, 3.05) is 18.1 Å². The minimum Gasteiger partial charge on any atom is -0.481 e. The highest BCUT2D eigenvalue weighted by Crippen LogP contribution is 2.64. The van der Waals surface area contributed by atoms with E-state index < -0.39 is 52.9 Å². The summed E-state index contributed by atoms with van der Waals surface area (Å²) in [5.41, 5.74) is -1.00. The van der Waals surface area contributed by atoms with E-state index in [2.05, 4.69) is 6.58 Å². The third-order valence-electron chi connectivity index (χ3n) is 8.23. The molecule has 4 rings (SSSR count). The van der Waals surface area contributed by atoms with Gasteiger partial charge < -0.3 is 24.7 Å². The molecule has 3 aliphatic heterocycles. The zero-order valence-electron chi connectivity index (χ0n) is 20.4. The van der Waals surface area contributed by atoms with Gasteiger partial charge in [-0.25, -0.2) is 0 Å². The van der Waals surface area contributed by atoms with E-state index in [4.69, 9.17) is 16.3 Å². The molecule has 1 spiro atoms. The lowest BCUT2D eigenvalue weighted by Crippen LogP contribution is -2.59. The van der Waals surface area contributed by atoms with Crippen LogP contribution in [0.2, 0.25) is 5.02 Å². The van der Waals surface area contributed by atoms with Crippen molar-refractivity contribution >= 4 is 35.1 Å². The number of carbonyl (C=O) groups is 3. The lowest BCUT2D eigenvalue weighted by atomic mass is 9.65. The zero-order valence-corrected chi connectivity index (χ0v) is 21.1. The topological polar surface area (TPSA) is 107 Å². The molecule has 3 aliphatic rings. The molecule has 1 aromatic rings. The van der Waals surface area contributed by atoms with Crippen molar-refractivity contribution in [2.24, 2.45) is 11.8 Å². The van der Waals surface area contributed by atoms with Crippen LogP contribution >= 0.6 is 11.6 Å². The molecule has 0 aromatic heterocycles. The number of anilines is 1. The molecule has 35 heavy (non-hydrogen) atoms. The number of para-hydroxylation sites is 1. The Morgan fingerprint density at radius 1 is 1.37 bits per heavy atom. The Morgan fingerprint density at radius 3 is 2.63 bits per heavy atom. The first-order chi connectivity index (χ1) is 16.6. The average molecular weight is 505 g/mol. The molecule has 3 saturated heterocycles. The van der Waals surface area contributed by atoms with Gasteiger partial charge in [0.1, 0.15) is 17.6 Å². The van der Waals surface area contributed by atoms with Gasteiger partial charge in [-0.05, 0) is 44.2 Å². The third kappa shape index (κ3) is 3.52. The van der Waals surface area contributed by atoms with Crippen LogP contribution in [-0.2, 0) is 19.1 Å². The van der Waals surface area contributed by atoms with E-state index in [0.29, 0.717) is 36.4 Å². The van der Waals surface area contributed by atoms with E-state index in [1.54, 1.807) is 18.2 Å². The maximum absolute atomic E-state index is 14.4. The fraction of sp³-hybridized carbons (Fsp3) is 0.577. The molecule has 8 nitrogen and oxygen atoms in total. The molecule has 1 aromatic carbocycles. The van der Waals surface area contributed by atoms with Gasteiger partial charge in [0.2, 0.25) is 5.91 Å². The Balaban J connectivity index is 1.90. The number of aryl methyl sites for hydroxylation is 1. The predicted molar refractivity (Wildman–Crippen MR) is 131 cm³/mol. The van der Waals surface area contributed by atoms with Gasteiger partial charge in [0.25, 0.3) is 5.91 Å². The van der Waals surface area contributed by atoms with Crippen LogP contribution in [0.4, 0.5) is 5.69 Å². The molecule has 3 fully saturated rings. The van der Waals surface area contributed by atoms with Gasteiger partial charge in [0, 0.05) is 6.54 Å². The van der Waals surface area contributed by atoms with Crippen LogP contribution in [-0.4, -0.2) is 69.3 Å². The number of halogens is 1. The first-order valence-electron chi connectivity index (χ1n) is 12.2. The van der Waals surface area contributed by atoms with Crippen LogP contribution in [0.1, 0.15) is 45.1 Å². The second-order valence-corrected chi connectivity index (χ2v) is 10.2. The van der Waals surface area contributed by atoms with Crippen molar-refractivity contribution < 1.29 is 29.3 Å². The van der Waals surface area contributed by atoms with E-state index in [1.165, 1.54) is 9.80 Å². The summed E-state index contributed by atoms with van der Waals surface area (Å²) in [5.74, 6) is -4.01. The fourth-order valence-electron chi connectivity index (χ4n) is 6.65. The number of likely N-dealkylation sites (tertiary alicyclic amines) is 1. The molecule has 2 amide bonds. The molecule has 190 valence electrons. The highest BCUT2D eigenvalue weighted by atomic mass is 35.5. The van der Waals surface area contributed by atoms with Crippen LogP contribution in [0.25, 0.3) is 0 Å².